The minimum atomic E-state index is -0.371. The van der Waals surface area contributed by atoms with Gasteiger partial charge in [0, 0.05) is 39.9 Å². The third-order valence-electron chi connectivity index (χ3n) is 4.65. The molecule has 0 aliphatic carbocycles. The number of rotatable bonds is 4. The van der Waals surface area contributed by atoms with Gasteiger partial charge in [0.15, 0.2) is 0 Å². The number of non-ortho nitro benzene ring substituents is 1. The van der Waals surface area contributed by atoms with Crippen molar-refractivity contribution in [3.8, 4) is 11.3 Å². The molecule has 0 fully saturated rings. The highest BCUT2D eigenvalue weighted by Crippen LogP contribution is 2.43. The number of para-hydroxylation sites is 1. The Kier molecular flexibility index (Phi) is 4.46. The van der Waals surface area contributed by atoms with Gasteiger partial charge in [-0.1, -0.05) is 59.8 Å². The van der Waals surface area contributed by atoms with Crippen molar-refractivity contribution in [1.29, 1.82) is 0 Å². The Labute approximate surface area is 161 Å². The highest BCUT2D eigenvalue weighted by Gasteiger charge is 2.18. The molecule has 134 valence electrons. The molecule has 0 unspecified atom stereocenters. The van der Waals surface area contributed by atoms with E-state index < -0.39 is 0 Å². The molecule has 0 aliphatic rings. The first-order valence-corrected chi connectivity index (χ1v) is 9.43. The van der Waals surface area contributed by atoms with Gasteiger partial charge in [0.05, 0.1) is 10.6 Å². The van der Waals surface area contributed by atoms with E-state index in [0.717, 1.165) is 26.6 Å². The van der Waals surface area contributed by atoms with Gasteiger partial charge in [-0.25, -0.2) is 0 Å². The lowest BCUT2D eigenvalue weighted by Crippen LogP contribution is -1.92. The van der Waals surface area contributed by atoms with E-state index in [9.17, 15) is 10.1 Å². The number of nitro benzene ring substituents is 1. The van der Waals surface area contributed by atoms with E-state index >= 15 is 0 Å². The summed E-state index contributed by atoms with van der Waals surface area (Å²) in [6.07, 6.45) is 0. The van der Waals surface area contributed by atoms with E-state index in [0.29, 0.717) is 0 Å². The fraction of sp³-hybridized carbons (Fsp3) is 0.0909. The van der Waals surface area contributed by atoms with Crippen LogP contribution in [0.15, 0.2) is 82.6 Å². The molecule has 0 saturated carbocycles. The number of nitro groups is 1. The zero-order valence-electron chi connectivity index (χ0n) is 15.0. The average molecular weight is 374 g/mol. The molecule has 1 heterocycles. The second-order valence-electron chi connectivity index (χ2n) is 6.47. The molecular formula is C22H18N2O2S. The van der Waals surface area contributed by atoms with Crippen LogP contribution >= 0.6 is 11.8 Å². The Balaban J connectivity index is 1.86. The highest BCUT2D eigenvalue weighted by molar-refractivity contribution is 7.99. The quantitative estimate of drug-likeness (QED) is 0.315. The molecule has 0 amide bonds. The highest BCUT2D eigenvalue weighted by atomic mass is 32.2. The first kappa shape index (κ1) is 17.4. The smallest absolute Gasteiger partial charge is 0.269 e. The van der Waals surface area contributed by atoms with E-state index in [-0.39, 0.29) is 10.6 Å². The van der Waals surface area contributed by atoms with Gasteiger partial charge in [0.25, 0.3) is 5.69 Å². The molecule has 0 aliphatic heterocycles. The number of fused-ring (bicyclic) bond motifs is 1. The largest absolute Gasteiger partial charge is 0.343 e. The third kappa shape index (κ3) is 3.22. The van der Waals surface area contributed by atoms with Crippen LogP contribution in [0.2, 0.25) is 0 Å². The zero-order valence-corrected chi connectivity index (χ0v) is 15.9. The maximum Gasteiger partial charge on any atom is 0.269 e. The van der Waals surface area contributed by atoms with Crippen molar-refractivity contribution in [2.75, 3.05) is 0 Å². The Bertz CT molecular complexity index is 1130. The van der Waals surface area contributed by atoms with Crippen molar-refractivity contribution in [2.24, 2.45) is 7.05 Å². The van der Waals surface area contributed by atoms with Crippen LogP contribution < -0.4 is 0 Å². The number of hydrogen-bond donors (Lipinski definition) is 0. The Morgan fingerprint density at radius 2 is 1.59 bits per heavy atom. The molecule has 5 heteroatoms. The molecule has 3 aromatic carbocycles. The van der Waals surface area contributed by atoms with Gasteiger partial charge in [-0.15, -0.1) is 0 Å². The summed E-state index contributed by atoms with van der Waals surface area (Å²) in [5.74, 6) is 0. The summed E-state index contributed by atoms with van der Waals surface area (Å²) >= 11 is 1.64. The van der Waals surface area contributed by atoms with Gasteiger partial charge in [0.2, 0.25) is 0 Å². The van der Waals surface area contributed by atoms with Crippen molar-refractivity contribution in [2.45, 2.75) is 16.7 Å². The van der Waals surface area contributed by atoms with E-state index in [4.69, 9.17) is 0 Å². The molecule has 4 rings (SSSR count). The second kappa shape index (κ2) is 6.93. The molecular weight excluding hydrogens is 356 g/mol. The molecule has 0 saturated heterocycles. The molecule has 0 radical (unpaired) electrons. The fourth-order valence-electron chi connectivity index (χ4n) is 3.25. The van der Waals surface area contributed by atoms with Gasteiger partial charge in [-0.2, -0.15) is 0 Å². The number of aryl methyl sites for hydroxylation is 2. The lowest BCUT2D eigenvalue weighted by Gasteiger charge is -2.09. The Hall–Kier alpha value is -3.05. The first-order valence-electron chi connectivity index (χ1n) is 8.61. The Morgan fingerprint density at radius 1 is 0.926 bits per heavy atom. The molecule has 4 aromatic rings. The molecule has 0 bridgehead atoms. The number of nitrogens with zero attached hydrogens (tertiary/aromatic N) is 2. The van der Waals surface area contributed by atoms with E-state index in [1.807, 2.05) is 24.3 Å². The van der Waals surface area contributed by atoms with Crippen molar-refractivity contribution in [3.63, 3.8) is 0 Å². The van der Waals surface area contributed by atoms with E-state index in [1.54, 1.807) is 23.9 Å². The predicted octanol–water partition coefficient (Wildman–Crippen LogP) is 6.21. The summed E-state index contributed by atoms with van der Waals surface area (Å²) in [4.78, 5) is 12.7. The standard InChI is InChI=1S/C22H18N2O2S/c1-15-7-9-16(10-8-15)21-22(19-5-3-4-6-20(19)23(21)2)27-18-13-11-17(12-14-18)24(25)26/h3-14H,1-2H3. The van der Waals surface area contributed by atoms with Crippen LogP contribution in [-0.4, -0.2) is 9.49 Å². The van der Waals surface area contributed by atoms with E-state index in [1.165, 1.54) is 10.9 Å². The van der Waals surface area contributed by atoms with Gasteiger partial charge < -0.3 is 4.57 Å². The summed E-state index contributed by atoms with van der Waals surface area (Å²) in [6, 6.07) is 23.6. The van der Waals surface area contributed by atoms with Gasteiger partial charge in [-0.05, 0) is 30.7 Å². The van der Waals surface area contributed by atoms with Crippen LogP contribution in [0, 0.1) is 17.0 Å². The Morgan fingerprint density at radius 3 is 2.26 bits per heavy atom. The third-order valence-corrected chi connectivity index (χ3v) is 5.78. The lowest BCUT2D eigenvalue weighted by atomic mass is 10.1. The van der Waals surface area contributed by atoms with Crippen molar-refractivity contribution in [1.82, 2.24) is 4.57 Å². The predicted molar refractivity (Wildman–Crippen MR) is 110 cm³/mol. The maximum absolute atomic E-state index is 10.9. The summed E-state index contributed by atoms with van der Waals surface area (Å²) < 4.78 is 2.22. The van der Waals surface area contributed by atoms with Crippen LogP contribution in [0.4, 0.5) is 5.69 Å². The summed E-state index contributed by atoms with van der Waals surface area (Å²) in [5.41, 5.74) is 4.80. The minimum absolute atomic E-state index is 0.107. The second-order valence-corrected chi connectivity index (χ2v) is 7.56. The summed E-state index contributed by atoms with van der Waals surface area (Å²) in [7, 11) is 2.08. The monoisotopic (exact) mass is 374 g/mol. The van der Waals surface area contributed by atoms with Crippen LogP contribution in [0.5, 0.6) is 0 Å². The fourth-order valence-corrected chi connectivity index (χ4v) is 4.39. The lowest BCUT2D eigenvalue weighted by molar-refractivity contribution is -0.384. The van der Waals surface area contributed by atoms with Crippen LogP contribution in [0.3, 0.4) is 0 Å². The van der Waals surface area contributed by atoms with Crippen LogP contribution in [-0.2, 0) is 7.05 Å². The normalized spacial score (nSPS) is 11.0. The average Bonchev–Trinajstić information content (AvgIpc) is 2.95. The molecule has 0 spiro atoms. The van der Waals surface area contributed by atoms with Crippen molar-refractivity contribution >= 4 is 28.4 Å². The number of aromatic nitrogens is 1. The number of benzene rings is 3. The van der Waals surface area contributed by atoms with Crippen molar-refractivity contribution < 1.29 is 4.92 Å². The molecule has 0 N–H and O–H groups in total. The molecule has 27 heavy (non-hydrogen) atoms. The molecule has 4 nitrogen and oxygen atoms in total. The zero-order chi connectivity index (χ0) is 19.0. The van der Waals surface area contributed by atoms with Gasteiger partial charge in [-0.3, -0.25) is 10.1 Å². The van der Waals surface area contributed by atoms with E-state index in [2.05, 4.69) is 54.9 Å². The van der Waals surface area contributed by atoms with Crippen LogP contribution in [0.25, 0.3) is 22.2 Å². The van der Waals surface area contributed by atoms with Gasteiger partial charge >= 0.3 is 0 Å². The maximum atomic E-state index is 10.9. The van der Waals surface area contributed by atoms with Crippen LogP contribution in [0.1, 0.15) is 5.56 Å². The minimum Gasteiger partial charge on any atom is -0.343 e. The van der Waals surface area contributed by atoms with Gasteiger partial charge in [0.1, 0.15) is 0 Å². The summed E-state index contributed by atoms with van der Waals surface area (Å²) in [5, 5.41) is 12.1. The van der Waals surface area contributed by atoms with Crippen molar-refractivity contribution in [3.05, 3.63) is 88.5 Å². The molecule has 1 aromatic heterocycles. The SMILES string of the molecule is Cc1ccc(-c2c(Sc3ccc([N+](=O)[O-])cc3)c3ccccc3n2C)cc1. The summed E-state index contributed by atoms with van der Waals surface area (Å²) in [6.45, 7) is 2.08. The molecule has 0 atom stereocenters. The number of hydrogen-bond acceptors (Lipinski definition) is 3. The first-order chi connectivity index (χ1) is 13.0. The topological polar surface area (TPSA) is 48.1 Å².